The van der Waals surface area contributed by atoms with Crippen molar-refractivity contribution >= 4 is 5.91 Å². The molecule has 1 fully saturated rings. The van der Waals surface area contributed by atoms with Gasteiger partial charge < -0.3 is 10.0 Å². The van der Waals surface area contributed by atoms with Gasteiger partial charge in [0.1, 0.15) is 0 Å². The molecule has 6 heteroatoms. The summed E-state index contributed by atoms with van der Waals surface area (Å²) in [7, 11) is 1.94. The third-order valence-electron chi connectivity index (χ3n) is 4.91. The molecule has 0 unspecified atom stereocenters. The maximum atomic E-state index is 12.4. The number of piperazine rings is 1. The number of hydrogen-bond acceptors (Lipinski definition) is 4. The van der Waals surface area contributed by atoms with E-state index in [0.29, 0.717) is 13.0 Å². The molecule has 0 aromatic carbocycles. The number of nitrogens with zero attached hydrogens (tertiary/aromatic N) is 4. The van der Waals surface area contributed by atoms with Crippen molar-refractivity contribution < 1.29 is 9.90 Å². The van der Waals surface area contributed by atoms with Crippen molar-refractivity contribution in [2.75, 3.05) is 32.7 Å². The van der Waals surface area contributed by atoms with Crippen molar-refractivity contribution in [3.63, 3.8) is 0 Å². The molecule has 1 saturated heterocycles. The zero-order chi connectivity index (χ0) is 17.0. The fourth-order valence-corrected chi connectivity index (χ4v) is 3.18. The molecule has 0 spiro atoms. The molecule has 130 valence electrons. The highest BCUT2D eigenvalue weighted by Crippen LogP contribution is 2.15. The van der Waals surface area contributed by atoms with E-state index in [0.717, 1.165) is 50.4 Å². The van der Waals surface area contributed by atoms with Crippen molar-refractivity contribution in [2.24, 2.45) is 7.05 Å². The van der Waals surface area contributed by atoms with Crippen LogP contribution < -0.4 is 0 Å². The van der Waals surface area contributed by atoms with Crippen LogP contribution >= 0.6 is 0 Å². The molecule has 1 aromatic heterocycles. The Kier molecular flexibility index (Phi) is 6.18. The molecule has 23 heavy (non-hydrogen) atoms. The van der Waals surface area contributed by atoms with Crippen molar-refractivity contribution in [1.82, 2.24) is 19.6 Å². The second kappa shape index (κ2) is 7.93. The largest absolute Gasteiger partial charge is 0.392 e. The first-order chi connectivity index (χ1) is 10.9. The van der Waals surface area contributed by atoms with Gasteiger partial charge in [0.25, 0.3) is 0 Å². The summed E-state index contributed by atoms with van der Waals surface area (Å²) >= 11 is 0. The van der Waals surface area contributed by atoms with Crippen molar-refractivity contribution in [2.45, 2.75) is 46.1 Å². The molecule has 1 aromatic rings. The second-order valence-electron chi connectivity index (χ2n) is 6.52. The molecule has 0 radical (unpaired) electrons. The molecule has 0 saturated carbocycles. The fraction of sp³-hybridized carbons (Fsp3) is 0.765. The maximum absolute atomic E-state index is 12.4. The smallest absolute Gasteiger partial charge is 0.222 e. The van der Waals surface area contributed by atoms with Crippen molar-refractivity contribution in [3.8, 4) is 0 Å². The number of aliphatic hydroxyl groups is 1. The van der Waals surface area contributed by atoms with Gasteiger partial charge in [0.05, 0.1) is 11.8 Å². The minimum absolute atomic E-state index is 0.225. The Balaban J connectivity index is 1.79. The number of aromatic nitrogens is 2. The van der Waals surface area contributed by atoms with E-state index in [1.165, 1.54) is 5.56 Å². The maximum Gasteiger partial charge on any atom is 0.222 e. The summed E-state index contributed by atoms with van der Waals surface area (Å²) in [4.78, 5) is 16.6. The van der Waals surface area contributed by atoms with Crippen LogP contribution in [-0.4, -0.2) is 69.4 Å². The number of β-amino-alcohol motifs (C(OH)–C–C–N with tert-alkyl or cyclic N) is 1. The Morgan fingerprint density at radius 2 is 1.91 bits per heavy atom. The summed E-state index contributed by atoms with van der Waals surface area (Å²) in [6.45, 7) is 10.0. The highest BCUT2D eigenvalue weighted by Gasteiger charge is 2.22. The van der Waals surface area contributed by atoms with Gasteiger partial charge in [0.2, 0.25) is 5.91 Å². The van der Waals surface area contributed by atoms with Crippen LogP contribution in [0.2, 0.25) is 0 Å². The molecular formula is C17H30N4O2. The lowest BCUT2D eigenvalue weighted by Crippen LogP contribution is -2.50. The third-order valence-corrected chi connectivity index (χ3v) is 4.91. The monoisotopic (exact) mass is 322 g/mol. The molecular weight excluding hydrogens is 292 g/mol. The van der Waals surface area contributed by atoms with Crippen LogP contribution in [0.1, 0.15) is 36.7 Å². The Morgan fingerprint density at radius 3 is 2.43 bits per heavy atom. The number of carbonyl (C=O) groups excluding carboxylic acids is 1. The van der Waals surface area contributed by atoms with E-state index in [9.17, 15) is 9.90 Å². The minimum Gasteiger partial charge on any atom is -0.392 e. The van der Waals surface area contributed by atoms with Crippen LogP contribution in [0, 0.1) is 13.8 Å². The Morgan fingerprint density at radius 1 is 1.26 bits per heavy atom. The number of hydrogen-bond donors (Lipinski definition) is 1. The number of aryl methyl sites for hydroxylation is 2. The Bertz CT molecular complexity index is 533. The van der Waals surface area contributed by atoms with E-state index in [1.54, 1.807) is 0 Å². The summed E-state index contributed by atoms with van der Waals surface area (Å²) in [5, 5.41) is 14.1. The lowest BCUT2D eigenvalue weighted by molar-refractivity contribution is -0.133. The van der Waals surface area contributed by atoms with Crippen LogP contribution in [-0.2, 0) is 18.3 Å². The quantitative estimate of drug-likeness (QED) is 0.845. The fourth-order valence-electron chi connectivity index (χ4n) is 3.18. The number of aliphatic hydroxyl groups excluding tert-OH is 1. The van der Waals surface area contributed by atoms with E-state index >= 15 is 0 Å². The van der Waals surface area contributed by atoms with Crippen LogP contribution in [0.5, 0.6) is 0 Å². The predicted octanol–water partition coefficient (Wildman–Crippen LogP) is 0.885. The second-order valence-corrected chi connectivity index (χ2v) is 6.52. The van der Waals surface area contributed by atoms with Gasteiger partial charge in [-0.1, -0.05) is 6.92 Å². The van der Waals surface area contributed by atoms with Gasteiger partial charge in [-0.25, -0.2) is 0 Å². The Hall–Kier alpha value is -1.40. The summed E-state index contributed by atoms with van der Waals surface area (Å²) in [5.41, 5.74) is 3.37. The molecule has 1 aliphatic rings. The summed E-state index contributed by atoms with van der Waals surface area (Å²) < 4.78 is 1.88. The van der Waals surface area contributed by atoms with Gasteiger partial charge in [0, 0.05) is 51.9 Å². The lowest BCUT2D eigenvalue weighted by atomic mass is 10.1. The van der Waals surface area contributed by atoms with Gasteiger partial charge in [-0.2, -0.15) is 5.10 Å². The van der Waals surface area contributed by atoms with Crippen LogP contribution in [0.15, 0.2) is 0 Å². The number of rotatable bonds is 6. The minimum atomic E-state index is -0.256. The molecule has 1 N–H and O–H groups in total. The van der Waals surface area contributed by atoms with Crippen LogP contribution in [0.3, 0.4) is 0 Å². The molecule has 1 aliphatic heterocycles. The summed E-state index contributed by atoms with van der Waals surface area (Å²) in [6, 6.07) is 0. The molecule has 0 aliphatic carbocycles. The normalized spacial score (nSPS) is 17.5. The predicted molar refractivity (Wildman–Crippen MR) is 90.3 cm³/mol. The Labute approximate surface area is 139 Å². The van der Waals surface area contributed by atoms with E-state index in [-0.39, 0.29) is 12.0 Å². The van der Waals surface area contributed by atoms with Gasteiger partial charge in [-0.3, -0.25) is 14.4 Å². The average molecular weight is 322 g/mol. The molecule has 1 amide bonds. The van der Waals surface area contributed by atoms with Gasteiger partial charge in [-0.15, -0.1) is 0 Å². The molecule has 1 atom stereocenters. The standard InChI is InChI=1S/C17H30N4O2/c1-5-15(22)12-20-8-10-21(11-9-20)17(23)7-6-16-13(2)18-19(4)14(16)3/h15,22H,5-12H2,1-4H3/t15-/m0/s1. The van der Waals surface area contributed by atoms with Crippen molar-refractivity contribution in [3.05, 3.63) is 17.0 Å². The zero-order valence-corrected chi connectivity index (χ0v) is 14.9. The third kappa shape index (κ3) is 4.54. The molecule has 2 heterocycles. The van der Waals surface area contributed by atoms with Crippen molar-refractivity contribution in [1.29, 1.82) is 0 Å². The summed E-state index contributed by atoms with van der Waals surface area (Å²) in [5.74, 6) is 0.225. The highest BCUT2D eigenvalue weighted by molar-refractivity contribution is 5.76. The molecule has 0 bridgehead atoms. The molecule has 2 rings (SSSR count). The van der Waals surface area contributed by atoms with E-state index in [4.69, 9.17) is 0 Å². The van der Waals surface area contributed by atoms with E-state index < -0.39 is 0 Å². The van der Waals surface area contributed by atoms with Gasteiger partial charge in [-0.05, 0) is 32.3 Å². The molecule has 6 nitrogen and oxygen atoms in total. The van der Waals surface area contributed by atoms with Gasteiger partial charge in [0.15, 0.2) is 0 Å². The first-order valence-electron chi connectivity index (χ1n) is 8.59. The lowest BCUT2D eigenvalue weighted by Gasteiger charge is -2.35. The highest BCUT2D eigenvalue weighted by atomic mass is 16.3. The average Bonchev–Trinajstić information content (AvgIpc) is 2.78. The number of carbonyl (C=O) groups is 1. The van der Waals surface area contributed by atoms with E-state index in [2.05, 4.69) is 16.9 Å². The van der Waals surface area contributed by atoms with Crippen LogP contribution in [0.4, 0.5) is 0 Å². The van der Waals surface area contributed by atoms with Gasteiger partial charge >= 0.3 is 0 Å². The zero-order valence-electron chi connectivity index (χ0n) is 14.9. The number of amides is 1. The topological polar surface area (TPSA) is 61.6 Å². The summed E-state index contributed by atoms with van der Waals surface area (Å²) in [6.07, 6.45) is 1.83. The first-order valence-corrected chi connectivity index (χ1v) is 8.59. The van der Waals surface area contributed by atoms with E-state index in [1.807, 2.05) is 30.5 Å². The first kappa shape index (κ1) is 17.9. The van der Waals surface area contributed by atoms with Crippen LogP contribution in [0.25, 0.3) is 0 Å². The SMILES string of the molecule is CC[C@H](O)CN1CCN(C(=O)CCc2c(C)nn(C)c2C)CC1.